The molecule has 33 heavy (non-hydrogen) atoms. The highest BCUT2D eigenvalue weighted by molar-refractivity contribution is 6.07. The van der Waals surface area contributed by atoms with E-state index in [0.29, 0.717) is 18.7 Å². The zero-order valence-corrected chi connectivity index (χ0v) is 16.6. The molecule has 174 valence electrons. The van der Waals surface area contributed by atoms with Gasteiger partial charge in [0, 0.05) is 36.4 Å². The molecule has 0 aliphatic rings. The van der Waals surface area contributed by atoms with Gasteiger partial charge in [-0.05, 0) is 42.0 Å². The summed E-state index contributed by atoms with van der Waals surface area (Å²) < 4.78 is 78.0. The number of anilines is 2. The molecule has 0 saturated heterocycles. The van der Waals surface area contributed by atoms with Crippen molar-refractivity contribution in [2.45, 2.75) is 24.5 Å². The second kappa shape index (κ2) is 9.06. The van der Waals surface area contributed by atoms with Crippen molar-refractivity contribution in [1.82, 2.24) is 9.97 Å². The van der Waals surface area contributed by atoms with Crippen LogP contribution in [-0.2, 0) is 12.1 Å². The van der Waals surface area contributed by atoms with Crippen LogP contribution < -0.4 is 10.6 Å². The van der Waals surface area contributed by atoms with Gasteiger partial charge in [0.1, 0.15) is 5.82 Å². The van der Waals surface area contributed by atoms with Gasteiger partial charge in [-0.15, -0.1) is 0 Å². The first-order chi connectivity index (χ1) is 15.4. The summed E-state index contributed by atoms with van der Waals surface area (Å²) in [6.45, 7) is 0.321. The molecule has 3 rings (SSSR count). The third kappa shape index (κ3) is 5.06. The maximum Gasteiger partial charge on any atom is 0.430 e. The van der Waals surface area contributed by atoms with Gasteiger partial charge in [-0.25, -0.2) is 4.98 Å². The van der Waals surface area contributed by atoms with Crippen LogP contribution in [0, 0.1) is 0 Å². The van der Waals surface area contributed by atoms with E-state index in [2.05, 4.69) is 20.6 Å². The number of rotatable bonds is 6. The fraction of sp³-hybridized carbons (Fsp3) is 0.190. The molecule has 1 amide bonds. The number of amides is 1. The Kier molecular flexibility index (Phi) is 6.58. The van der Waals surface area contributed by atoms with Crippen LogP contribution in [0.1, 0.15) is 21.5 Å². The molecule has 0 bridgehead atoms. The summed E-state index contributed by atoms with van der Waals surface area (Å²) >= 11 is 0. The standard InChI is InChI=1S/C21H16F6N4O2/c22-20(23,24)19(33,21(25,26)27)14-3-5-15(6-4-14)31-18(32)16-2-1-9-29-17(16)30-12-13-7-10-28-11-8-13/h1-11,33H,12H2,(H,29,30)(H,31,32). The molecule has 0 spiro atoms. The molecular formula is C21H16F6N4O2. The zero-order valence-electron chi connectivity index (χ0n) is 16.6. The zero-order chi connectivity index (χ0) is 24.3. The average molecular weight is 470 g/mol. The van der Waals surface area contributed by atoms with Gasteiger partial charge in [-0.1, -0.05) is 12.1 Å². The molecule has 3 aromatic rings. The molecule has 0 aliphatic carbocycles. The molecule has 0 unspecified atom stereocenters. The summed E-state index contributed by atoms with van der Waals surface area (Å²) in [5, 5.41) is 14.8. The van der Waals surface area contributed by atoms with E-state index in [4.69, 9.17) is 0 Å². The molecule has 6 nitrogen and oxygen atoms in total. The minimum atomic E-state index is -6.00. The highest BCUT2D eigenvalue weighted by atomic mass is 19.4. The fourth-order valence-corrected chi connectivity index (χ4v) is 2.90. The number of halogens is 6. The van der Waals surface area contributed by atoms with Crippen molar-refractivity contribution in [3.63, 3.8) is 0 Å². The lowest BCUT2D eigenvalue weighted by Gasteiger charge is -2.32. The Balaban J connectivity index is 1.78. The second-order valence-electron chi connectivity index (χ2n) is 6.85. The van der Waals surface area contributed by atoms with E-state index in [-0.39, 0.29) is 17.1 Å². The van der Waals surface area contributed by atoms with Crippen LogP contribution in [0.3, 0.4) is 0 Å². The van der Waals surface area contributed by atoms with E-state index in [0.717, 1.165) is 17.7 Å². The summed E-state index contributed by atoms with van der Waals surface area (Å²) in [4.78, 5) is 20.6. The average Bonchev–Trinajstić information content (AvgIpc) is 2.77. The normalized spacial score (nSPS) is 12.3. The van der Waals surface area contributed by atoms with Gasteiger partial charge in [0.05, 0.1) is 5.56 Å². The Bertz CT molecular complexity index is 1090. The summed E-state index contributed by atoms with van der Waals surface area (Å²) in [6.07, 6.45) is -7.38. The third-order valence-corrected chi connectivity index (χ3v) is 4.64. The lowest BCUT2D eigenvalue weighted by atomic mass is 9.92. The first-order valence-electron chi connectivity index (χ1n) is 9.29. The Morgan fingerprint density at radius 2 is 1.48 bits per heavy atom. The van der Waals surface area contributed by atoms with Crippen LogP contribution >= 0.6 is 0 Å². The molecule has 12 heteroatoms. The van der Waals surface area contributed by atoms with Crippen molar-refractivity contribution in [2.24, 2.45) is 0 Å². The molecule has 1 aromatic carbocycles. The number of benzene rings is 1. The number of nitrogens with zero attached hydrogens (tertiary/aromatic N) is 2. The Morgan fingerprint density at radius 1 is 0.879 bits per heavy atom. The minimum Gasteiger partial charge on any atom is -0.369 e. The first kappa shape index (κ1) is 24.0. The van der Waals surface area contributed by atoms with Crippen molar-refractivity contribution in [3.05, 3.63) is 83.8 Å². The van der Waals surface area contributed by atoms with Gasteiger partial charge in [-0.3, -0.25) is 9.78 Å². The van der Waals surface area contributed by atoms with E-state index in [1.165, 1.54) is 18.3 Å². The van der Waals surface area contributed by atoms with Gasteiger partial charge < -0.3 is 15.7 Å². The monoisotopic (exact) mass is 470 g/mol. The number of pyridine rings is 2. The van der Waals surface area contributed by atoms with E-state index in [9.17, 15) is 36.2 Å². The molecule has 0 atom stereocenters. The van der Waals surface area contributed by atoms with Gasteiger partial charge in [0.25, 0.3) is 11.5 Å². The molecule has 2 heterocycles. The maximum absolute atomic E-state index is 13.0. The Labute approximate surface area is 183 Å². The van der Waals surface area contributed by atoms with Crippen molar-refractivity contribution in [2.75, 3.05) is 10.6 Å². The van der Waals surface area contributed by atoms with Crippen molar-refractivity contribution in [1.29, 1.82) is 0 Å². The van der Waals surface area contributed by atoms with Crippen LogP contribution in [0.25, 0.3) is 0 Å². The maximum atomic E-state index is 13.0. The molecule has 3 N–H and O–H groups in total. The predicted octanol–water partition coefficient (Wildman–Crippen LogP) is 4.65. The van der Waals surface area contributed by atoms with Gasteiger partial charge in [0.15, 0.2) is 0 Å². The van der Waals surface area contributed by atoms with Gasteiger partial charge in [-0.2, -0.15) is 26.3 Å². The van der Waals surface area contributed by atoms with E-state index < -0.39 is 29.4 Å². The van der Waals surface area contributed by atoms with Crippen molar-refractivity contribution < 1.29 is 36.2 Å². The van der Waals surface area contributed by atoms with Crippen molar-refractivity contribution >= 4 is 17.4 Å². The Morgan fingerprint density at radius 3 is 2.06 bits per heavy atom. The smallest absolute Gasteiger partial charge is 0.369 e. The molecule has 0 radical (unpaired) electrons. The lowest BCUT2D eigenvalue weighted by molar-refractivity contribution is -0.376. The number of aromatic nitrogens is 2. The van der Waals surface area contributed by atoms with Crippen LogP contribution in [0.2, 0.25) is 0 Å². The van der Waals surface area contributed by atoms with Crippen LogP contribution in [0.15, 0.2) is 67.1 Å². The number of nitrogens with one attached hydrogen (secondary N) is 2. The SMILES string of the molecule is O=C(Nc1ccc(C(O)(C(F)(F)F)C(F)(F)F)cc1)c1cccnc1NCc1ccncc1. The molecule has 2 aromatic heterocycles. The number of carbonyl (C=O) groups is 1. The largest absolute Gasteiger partial charge is 0.430 e. The van der Waals surface area contributed by atoms with Gasteiger partial charge >= 0.3 is 12.4 Å². The highest BCUT2D eigenvalue weighted by Crippen LogP contribution is 2.50. The summed E-state index contributed by atoms with van der Waals surface area (Å²) in [5.74, 6) is -0.484. The Hall–Kier alpha value is -3.67. The van der Waals surface area contributed by atoms with Gasteiger partial charge in [0.2, 0.25) is 0 Å². The minimum absolute atomic E-state index is 0.0839. The summed E-state index contributed by atoms with van der Waals surface area (Å²) in [7, 11) is 0. The second-order valence-corrected chi connectivity index (χ2v) is 6.85. The van der Waals surface area contributed by atoms with Crippen molar-refractivity contribution in [3.8, 4) is 0 Å². The number of carbonyl (C=O) groups excluding carboxylic acids is 1. The van der Waals surface area contributed by atoms with Crippen LogP contribution in [0.5, 0.6) is 0 Å². The van der Waals surface area contributed by atoms with E-state index in [1.54, 1.807) is 24.5 Å². The first-order valence-corrected chi connectivity index (χ1v) is 9.29. The summed E-state index contributed by atoms with van der Waals surface area (Å²) in [6, 6.07) is 8.98. The molecule has 0 aliphatic heterocycles. The molecular weight excluding hydrogens is 454 g/mol. The van der Waals surface area contributed by atoms with E-state index in [1.807, 2.05) is 0 Å². The lowest BCUT2D eigenvalue weighted by Crippen LogP contribution is -2.53. The topological polar surface area (TPSA) is 87.1 Å². The summed E-state index contributed by atoms with van der Waals surface area (Å²) in [5.41, 5.74) is -5.60. The number of alkyl halides is 6. The highest BCUT2D eigenvalue weighted by Gasteiger charge is 2.71. The molecule has 0 fully saturated rings. The third-order valence-electron chi connectivity index (χ3n) is 4.64. The number of aliphatic hydroxyl groups is 1. The van der Waals surface area contributed by atoms with E-state index >= 15 is 0 Å². The fourth-order valence-electron chi connectivity index (χ4n) is 2.90. The van der Waals surface area contributed by atoms with Crippen LogP contribution in [-0.4, -0.2) is 33.3 Å². The number of hydrogen-bond donors (Lipinski definition) is 3. The molecule has 0 saturated carbocycles. The quantitative estimate of drug-likeness (QED) is 0.457. The van der Waals surface area contributed by atoms with Crippen LogP contribution in [0.4, 0.5) is 37.8 Å². The number of hydrogen-bond acceptors (Lipinski definition) is 5. The predicted molar refractivity (Wildman–Crippen MR) is 106 cm³/mol.